The van der Waals surface area contributed by atoms with Crippen LogP contribution in [0.2, 0.25) is 0 Å². The Morgan fingerprint density at radius 2 is 1.73 bits per heavy atom. The first-order chi connectivity index (χ1) is 5.27. The lowest BCUT2D eigenvalue weighted by Crippen LogP contribution is -1.79. The molecule has 0 saturated heterocycles. The number of rotatable bonds is 1. The summed E-state index contributed by atoms with van der Waals surface area (Å²) < 4.78 is 1.16. The number of alkyl halides is 1. The lowest BCUT2D eigenvalue weighted by atomic mass is 10.1. The van der Waals surface area contributed by atoms with Gasteiger partial charge < -0.3 is 0 Å². The third-order valence-corrected chi connectivity index (χ3v) is 3.55. The highest BCUT2D eigenvalue weighted by atomic mass is 79.9. The quantitative estimate of drug-likeness (QED) is 0.686. The van der Waals surface area contributed by atoms with Gasteiger partial charge in [-0.1, -0.05) is 44.0 Å². The van der Waals surface area contributed by atoms with Gasteiger partial charge in [0.15, 0.2) is 0 Å². The first-order valence-corrected chi connectivity index (χ1v) is 5.38. The van der Waals surface area contributed by atoms with Crippen molar-refractivity contribution in [3.63, 3.8) is 0 Å². The molecule has 0 aliphatic heterocycles. The van der Waals surface area contributed by atoms with E-state index in [4.69, 9.17) is 0 Å². The number of halogens is 2. The van der Waals surface area contributed by atoms with Gasteiger partial charge in [-0.2, -0.15) is 0 Å². The molecule has 58 valence electrons. The van der Waals surface area contributed by atoms with Crippen LogP contribution in [-0.4, -0.2) is 4.83 Å². The molecule has 1 saturated carbocycles. The van der Waals surface area contributed by atoms with Gasteiger partial charge in [-0.05, 0) is 30.0 Å². The van der Waals surface area contributed by atoms with E-state index in [-0.39, 0.29) is 0 Å². The molecule has 0 nitrogen and oxygen atoms in total. The Kier molecular flexibility index (Phi) is 2.06. The Morgan fingerprint density at radius 1 is 1.18 bits per heavy atom. The van der Waals surface area contributed by atoms with Gasteiger partial charge in [-0.15, -0.1) is 0 Å². The SMILES string of the molecule is Brc1ccc(C2CC2Br)cc1. The summed E-state index contributed by atoms with van der Waals surface area (Å²) in [6.07, 6.45) is 1.29. The second-order valence-corrected chi connectivity index (χ2v) is 5.00. The van der Waals surface area contributed by atoms with Crippen LogP contribution >= 0.6 is 31.9 Å². The molecule has 11 heavy (non-hydrogen) atoms. The molecule has 0 N–H and O–H groups in total. The molecule has 2 heteroatoms. The van der Waals surface area contributed by atoms with E-state index in [9.17, 15) is 0 Å². The van der Waals surface area contributed by atoms with Gasteiger partial charge in [0.25, 0.3) is 0 Å². The second-order valence-electron chi connectivity index (χ2n) is 2.91. The molecule has 1 aromatic carbocycles. The van der Waals surface area contributed by atoms with E-state index in [0.29, 0.717) is 0 Å². The van der Waals surface area contributed by atoms with Crippen LogP contribution in [0.4, 0.5) is 0 Å². The summed E-state index contributed by atoms with van der Waals surface area (Å²) in [7, 11) is 0. The lowest BCUT2D eigenvalue weighted by Gasteiger charge is -1.96. The van der Waals surface area contributed by atoms with E-state index in [1.54, 1.807) is 0 Å². The minimum Gasteiger partial charge on any atom is -0.0884 e. The lowest BCUT2D eigenvalue weighted by molar-refractivity contribution is 1.14. The molecule has 0 spiro atoms. The van der Waals surface area contributed by atoms with E-state index < -0.39 is 0 Å². The van der Waals surface area contributed by atoms with Crippen LogP contribution in [0.5, 0.6) is 0 Å². The maximum Gasteiger partial charge on any atom is 0.0221 e. The summed E-state index contributed by atoms with van der Waals surface area (Å²) in [6, 6.07) is 8.59. The third kappa shape index (κ3) is 1.67. The molecule has 0 amide bonds. The van der Waals surface area contributed by atoms with Crippen molar-refractivity contribution in [2.24, 2.45) is 0 Å². The average molecular weight is 276 g/mol. The summed E-state index contributed by atoms with van der Waals surface area (Å²) >= 11 is 7.01. The Morgan fingerprint density at radius 3 is 2.18 bits per heavy atom. The molecule has 0 aromatic heterocycles. The number of hydrogen-bond donors (Lipinski definition) is 0. The van der Waals surface area contributed by atoms with Crippen molar-refractivity contribution in [2.45, 2.75) is 17.2 Å². The zero-order valence-electron chi connectivity index (χ0n) is 5.93. The van der Waals surface area contributed by atoms with Gasteiger partial charge in [0.05, 0.1) is 0 Å². The Hall–Kier alpha value is 0.180. The summed E-state index contributed by atoms with van der Waals surface area (Å²) in [4.78, 5) is 0.726. The zero-order valence-corrected chi connectivity index (χ0v) is 9.10. The molecule has 1 aliphatic rings. The van der Waals surface area contributed by atoms with Gasteiger partial charge in [0.2, 0.25) is 0 Å². The van der Waals surface area contributed by atoms with Gasteiger partial charge >= 0.3 is 0 Å². The van der Waals surface area contributed by atoms with Crippen LogP contribution in [0.25, 0.3) is 0 Å². The Labute approximate surface area is 83.3 Å². The topological polar surface area (TPSA) is 0 Å². The fourth-order valence-electron chi connectivity index (χ4n) is 1.22. The van der Waals surface area contributed by atoms with Crippen LogP contribution in [-0.2, 0) is 0 Å². The van der Waals surface area contributed by atoms with Crippen LogP contribution in [0.1, 0.15) is 17.9 Å². The van der Waals surface area contributed by atoms with Gasteiger partial charge in [-0.3, -0.25) is 0 Å². The average Bonchev–Trinajstić information content (AvgIpc) is 2.69. The minimum atomic E-state index is 0.726. The Bertz CT molecular complexity index is 253. The van der Waals surface area contributed by atoms with E-state index in [1.807, 2.05) is 0 Å². The van der Waals surface area contributed by atoms with Crippen molar-refractivity contribution < 1.29 is 0 Å². The highest BCUT2D eigenvalue weighted by molar-refractivity contribution is 9.10. The Balaban J connectivity index is 2.21. The van der Waals surface area contributed by atoms with Gasteiger partial charge in [0, 0.05) is 9.30 Å². The van der Waals surface area contributed by atoms with Crippen molar-refractivity contribution in [3.8, 4) is 0 Å². The largest absolute Gasteiger partial charge is 0.0884 e. The predicted octanol–water partition coefficient (Wildman–Crippen LogP) is 3.70. The third-order valence-electron chi connectivity index (χ3n) is 2.01. The van der Waals surface area contributed by atoms with Gasteiger partial charge in [-0.25, -0.2) is 0 Å². The first-order valence-electron chi connectivity index (χ1n) is 3.67. The van der Waals surface area contributed by atoms with Crippen molar-refractivity contribution in [2.75, 3.05) is 0 Å². The number of benzene rings is 1. The summed E-state index contributed by atoms with van der Waals surface area (Å²) in [5, 5.41) is 0. The van der Waals surface area contributed by atoms with Crippen LogP contribution in [0.3, 0.4) is 0 Å². The molecular formula is C9H8Br2. The predicted molar refractivity (Wildman–Crippen MR) is 54.2 cm³/mol. The van der Waals surface area contributed by atoms with E-state index >= 15 is 0 Å². The van der Waals surface area contributed by atoms with Crippen molar-refractivity contribution in [1.29, 1.82) is 0 Å². The fraction of sp³-hybridized carbons (Fsp3) is 0.333. The van der Waals surface area contributed by atoms with Crippen molar-refractivity contribution in [1.82, 2.24) is 0 Å². The minimum absolute atomic E-state index is 0.726. The maximum atomic E-state index is 3.59. The first kappa shape index (κ1) is 7.81. The van der Waals surface area contributed by atoms with Crippen molar-refractivity contribution >= 4 is 31.9 Å². The smallest absolute Gasteiger partial charge is 0.0221 e. The van der Waals surface area contributed by atoms with Crippen molar-refractivity contribution in [3.05, 3.63) is 34.3 Å². The van der Waals surface area contributed by atoms with Gasteiger partial charge in [0.1, 0.15) is 0 Å². The summed E-state index contributed by atoms with van der Waals surface area (Å²) in [6.45, 7) is 0. The highest BCUT2D eigenvalue weighted by Gasteiger charge is 2.35. The van der Waals surface area contributed by atoms with E-state index in [2.05, 4.69) is 56.1 Å². The second kappa shape index (κ2) is 2.91. The molecular weight excluding hydrogens is 268 g/mol. The molecule has 1 aromatic rings. The molecule has 1 aliphatic carbocycles. The number of hydrogen-bond acceptors (Lipinski definition) is 0. The van der Waals surface area contributed by atoms with Crippen LogP contribution in [0.15, 0.2) is 28.7 Å². The molecule has 0 bridgehead atoms. The maximum absolute atomic E-state index is 3.59. The normalized spacial score (nSPS) is 28.5. The zero-order chi connectivity index (χ0) is 7.84. The molecule has 0 heterocycles. The summed E-state index contributed by atoms with van der Waals surface area (Å²) in [5.41, 5.74) is 1.45. The van der Waals surface area contributed by atoms with Crippen LogP contribution in [0, 0.1) is 0 Å². The van der Waals surface area contributed by atoms with E-state index in [0.717, 1.165) is 15.2 Å². The standard InChI is InChI=1S/C9H8Br2/c10-7-3-1-6(2-4-7)8-5-9(8)11/h1-4,8-9H,5H2. The molecule has 2 unspecified atom stereocenters. The molecule has 2 atom stereocenters. The highest BCUT2D eigenvalue weighted by Crippen LogP contribution is 2.46. The van der Waals surface area contributed by atoms with Crippen LogP contribution < -0.4 is 0 Å². The fourth-order valence-corrected chi connectivity index (χ4v) is 2.19. The monoisotopic (exact) mass is 274 g/mol. The molecule has 0 radical (unpaired) electrons. The summed E-state index contributed by atoms with van der Waals surface area (Å²) in [5.74, 6) is 0.767. The molecule has 1 fully saturated rings. The van der Waals surface area contributed by atoms with E-state index in [1.165, 1.54) is 12.0 Å². The molecule has 2 rings (SSSR count).